The maximum Gasteiger partial charge on any atom is 0.0522 e. The van der Waals surface area contributed by atoms with Crippen molar-refractivity contribution in [2.75, 3.05) is 0 Å². The fraction of sp³-hybridized carbons (Fsp3) is 0.769. The van der Waals surface area contributed by atoms with E-state index >= 15 is 0 Å². The highest BCUT2D eigenvalue weighted by atomic mass is 15.1. The minimum absolute atomic E-state index is 0.727. The molecule has 2 nitrogen and oxygen atoms in total. The molecule has 15 heavy (non-hydrogen) atoms. The molecule has 0 fully saturated rings. The van der Waals surface area contributed by atoms with Gasteiger partial charge >= 0.3 is 0 Å². The van der Waals surface area contributed by atoms with E-state index in [-0.39, 0.29) is 0 Å². The molecule has 0 spiro atoms. The van der Waals surface area contributed by atoms with Gasteiger partial charge in [0.1, 0.15) is 0 Å². The molecular weight excluding hydrogens is 184 g/mol. The maximum atomic E-state index is 4.04. The maximum absolute atomic E-state index is 4.04. The minimum atomic E-state index is 0.727. The smallest absolute Gasteiger partial charge is 0.0522 e. The fourth-order valence-corrected chi connectivity index (χ4v) is 2.13. The van der Waals surface area contributed by atoms with Crippen LogP contribution in [0.15, 0.2) is 12.4 Å². The van der Waals surface area contributed by atoms with Gasteiger partial charge in [-0.2, -0.15) is 5.10 Å². The summed E-state index contributed by atoms with van der Waals surface area (Å²) in [6.45, 7) is 4.53. The van der Waals surface area contributed by atoms with Crippen molar-refractivity contribution in [3.63, 3.8) is 0 Å². The van der Waals surface area contributed by atoms with Gasteiger partial charge in [-0.05, 0) is 24.3 Å². The molecule has 0 aliphatic carbocycles. The van der Waals surface area contributed by atoms with E-state index in [1.807, 2.05) is 6.20 Å². The molecule has 1 atom stereocenters. The van der Waals surface area contributed by atoms with Crippen LogP contribution in [0.3, 0.4) is 0 Å². The Bertz CT molecular complexity index is 229. The summed E-state index contributed by atoms with van der Waals surface area (Å²) in [5, 5.41) is 6.96. The summed E-state index contributed by atoms with van der Waals surface area (Å²) in [6, 6.07) is 0. The third-order valence-corrected chi connectivity index (χ3v) is 3.03. The Kier molecular flexibility index (Phi) is 6.14. The van der Waals surface area contributed by atoms with E-state index in [0.717, 1.165) is 5.92 Å². The number of hydrogen-bond acceptors (Lipinski definition) is 1. The third kappa shape index (κ3) is 4.50. The van der Waals surface area contributed by atoms with Crippen LogP contribution in [0.25, 0.3) is 0 Å². The van der Waals surface area contributed by atoms with Gasteiger partial charge in [0.25, 0.3) is 0 Å². The molecule has 1 aromatic rings. The van der Waals surface area contributed by atoms with Crippen molar-refractivity contribution in [3.8, 4) is 0 Å². The molecule has 0 aliphatic heterocycles. The standard InChI is InChI=1S/C13H24N2/c1-3-5-6-7-9-12(8-4-2)13-10-14-15-11-13/h10-12H,3-9H2,1-2H3,(H,14,15). The van der Waals surface area contributed by atoms with Crippen LogP contribution in [0.2, 0.25) is 0 Å². The second-order valence-corrected chi connectivity index (χ2v) is 4.37. The van der Waals surface area contributed by atoms with E-state index in [0.29, 0.717) is 0 Å². The predicted octanol–water partition coefficient (Wildman–Crippen LogP) is 4.26. The molecule has 86 valence electrons. The Morgan fingerprint density at radius 2 is 2.00 bits per heavy atom. The topological polar surface area (TPSA) is 28.7 Å². The molecule has 0 aromatic carbocycles. The number of aromatic nitrogens is 2. The number of H-pyrrole nitrogens is 1. The Morgan fingerprint density at radius 1 is 1.13 bits per heavy atom. The predicted molar refractivity (Wildman–Crippen MR) is 65.0 cm³/mol. The number of rotatable bonds is 8. The van der Waals surface area contributed by atoms with Gasteiger partial charge in [-0.1, -0.05) is 46.0 Å². The Morgan fingerprint density at radius 3 is 2.60 bits per heavy atom. The summed E-state index contributed by atoms with van der Waals surface area (Å²) in [5.74, 6) is 0.727. The second kappa shape index (κ2) is 7.49. The van der Waals surface area contributed by atoms with E-state index in [1.165, 1.54) is 50.5 Å². The normalized spacial score (nSPS) is 12.9. The van der Waals surface area contributed by atoms with Crippen LogP contribution in [0.4, 0.5) is 0 Å². The summed E-state index contributed by atoms with van der Waals surface area (Å²) in [7, 11) is 0. The van der Waals surface area contributed by atoms with E-state index < -0.39 is 0 Å². The van der Waals surface area contributed by atoms with Crippen LogP contribution in [-0.4, -0.2) is 10.2 Å². The van der Waals surface area contributed by atoms with Gasteiger partial charge in [-0.25, -0.2) is 0 Å². The van der Waals surface area contributed by atoms with E-state index in [4.69, 9.17) is 0 Å². The SMILES string of the molecule is CCCCCCC(CCC)c1cn[nH]c1. The van der Waals surface area contributed by atoms with Gasteiger partial charge in [0.15, 0.2) is 0 Å². The van der Waals surface area contributed by atoms with Gasteiger partial charge in [0.2, 0.25) is 0 Å². The van der Waals surface area contributed by atoms with Gasteiger partial charge in [0, 0.05) is 6.20 Å². The molecular formula is C13H24N2. The molecule has 0 saturated carbocycles. The van der Waals surface area contributed by atoms with Gasteiger partial charge in [-0.3, -0.25) is 5.10 Å². The first kappa shape index (κ1) is 12.3. The van der Waals surface area contributed by atoms with Crippen molar-refractivity contribution in [3.05, 3.63) is 18.0 Å². The molecule has 0 amide bonds. The van der Waals surface area contributed by atoms with Crippen LogP contribution in [0.5, 0.6) is 0 Å². The largest absolute Gasteiger partial charge is 0.285 e. The quantitative estimate of drug-likeness (QED) is 0.635. The van der Waals surface area contributed by atoms with E-state index in [2.05, 4.69) is 30.2 Å². The Hall–Kier alpha value is -0.790. The fourth-order valence-electron chi connectivity index (χ4n) is 2.13. The van der Waals surface area contributed by atoms with Crippen molar-refractivity contribution < 1.29 is 0 Å². The lowest BCUT2D eigenvalue weighted by Crippen LogP contribution is -1.97. The summed E-state index contributed by atoms with van der Waals surface area (Å²) in [5.41, 5.74) is 1.40. The molecule has 2 heteroatoms. The molecule has 1 heterocycles. The third-order valence-electron chi connectivity index (χ3n) is 3.03. The number of aromatic amines is 1. The average Bonchev–Trinajstić information content (AvgIpc) is 2.76. The van der Waals surface area contributed by atoms with Gasteiger partial charge in [-0.15, -0.1) is 0 Å². The molecule has 0 aliphatic rings. The number of nitrogens with one attached hydrogen (secondary N) is 1. The first-order valence-electron chi connectivity index (χ1n) is 6.37. The number of unbranched alkanes of at least 4 members (excludes halogenated alkanes) is 3. The Labute approximate surface area is 93.5 Å². The average molecular weight is 208 g/mol. The van der Waals surface area contributed by atoms with Crippen LogP contribution < -0.4 is 0 Å². The first-order chi connectivity index (χ1) is 7.38. The zero-order chi connectivity index (χ0) is 10.9. The molecule has 0 radical (unpaired) electrons. The molecule has 0 saturated heterocycles. The van der Waals surface area contributed by atoms with Crippen molar-refractivity contribution in [2.24, 2.45) is 0 Å². The van der Waals surface area contributed by atoms with Crippen LogP contribution >= 0.6 is 0 Å². The second-order valence-electron chi connectivity index (χ2n) is 4.37. The van der Waals surface area contributed by atoms with Crippen molar-refractivity contribution in [2.45, 2.75) is 64.7 Å². The zero-order valence-electron chi connectivity index (χ0n) is 10.1. The van der Waals surface area contributed by atoms with E-state index in [1.54, 1.807) is 0 Å². The lowest BCUT2D eigenvalue weighted by molar-refractivity contribution is 0.521. The molecule has 1 N–H and O–H groups in total. The van der Waals surface area contributed by atoms with Crippen molar-refractivity contribution >= 4 is 0 Å². The first-order valence-corrected chi connectivity index (χ1v) is 6.37. The highest BCUT2D eigenvalue weighted by Crippen LogP contribution is 2.26. The summed E-state index contributed by atoms with van der Waals surface area (Å²) >= 11 is 0. The van der Waals surface area contributed by atoms with Crippen LogP contribution in [-0.2, 0) is 0 Å². The summed E-state index contributed by atoms with van der Waals surface area (Å²) in [6.07, 6.45) is 13.4. The van der Waals surface area contributed by atoms with E-state index in [9.17, 15) is 0 Å². The number of nitrogens with zero attached hydrogens (tertiary/aromatic N) is 1. The highest BCUT2D eigenvalue weighted by molar-refractivity contribution is 5.09. The van der Waals surface area contributed by atoms with Crippen LogP contribution in [0.1, 0.15) is 70.3 Å². The minimum Gasteiger partial charge on any atom is -0.285 e. The Balaban J connectivity index is 2.31. The number of hydrogen-bond donors (Lipinski definition) is 1. The van der Waals surface area contributed by atoms with Gasteiger partial charge in [0.05, 0.1) is 6.20 Å². The zero-order valence-corrected chi connectivity index (χ0v) is 10.1. The molecule has 1 aromatic heterocycles. The highest BCUT2D eigenvalue weighted by Gasteiger charge is 2.10. The molecule has 1 rings (SSSR count). The lowest BCUT2D eigenvalue weighted by Gasteiger charge is -2.13. The monoisotopic (exact) mass is 208 g/mol. The van der Waals surface area contributed by atoms with Gasteiger partial charge < -0.3 is 0 Å². The summed E-state index contributed by atoms with van der Waals surface area (Å²) in [4.78, 5) is 0. The van der Waals surface area contributed by atoms with Crippen LogP contribution in [0, 0.1) is 0 Å². The van der Waals surface area contributed by atoms with Crippen molar-refractivity contribution in [1.82, 2.24) is 10.2 Å². The molecule has 0 bridgehead atoms. The molecule has 1 unspecified atom stereocenters. The van der Waals surface area contributed by atoms with Crippen molar-refractivity contribution in [1.29, 1.82) is 0 Å². The lowest BCUT2D eigenvalue weighted by atomic mass is 9.91. The summed E-state index contributed by atoms with van der Waals surface area (Å²) < 4.78 is 0.